The first-order valence-corrected chi connectivity index (χ1v) is 9.46. The number of hydrogen-bond acceptors (Lipinski definition) is 6. The van der Waals surface area contributed by atoms with Gasteiger partial charge < -0.3 is 15.4 Å². The standard InChI is InChI=1S/C20H26N4O5/c1-4-6-11-24-17(21)16(18(26)22-20(24)28)23(5-2)15(25)12-29-19(27)14-9-7-13(3)8-10-14/h7-10H,4-6,11-12,21H2,1-3H3,(H,22,26,28). The second-order valence-corrected chi connectivity index (χ2v) is 6.58. The van der Waals surface area contributed by atoms with Crippen molar-refractivity contribution in [2.75, 3.05) is 23.8 Å². The number of aromatic nitrogens is 2. The van der Waals surface area contributed by atoms with Crippen LogP contribution in [0.2, 0.25) is 0 Å². The van der Waals surface area contributed by atoms with E-state index in [1.54, 1.807) is 31.2 Å². The molecule has 1 aromatic carbocycles. The smallest absolute Gasteiger partial charge is 0.338 e. The Kier molecular flexibility index (Phi) is 7.35. The van der Waals surface area contributed by atoms with Crippen molar-refractivity contribution >= 4 is 23.4 Å². The van der Waals surface area contributed by atoms with Crippen molar-refractivity contribution in [1.29, 1.82) is 0 Å². The van der Waals surface area contributed by atoms with Gasteiger partial charge >= 0.3 is 11.7 Å². The molecule has 1 amide bonds. The van der Waals surface area contributed by atoms with E-state index in [1.807, 2.05) is 13.8 Å². The van der Waals surface area contributed by atoms with Gasteiger partial charge in [0.15, 0.2) is 12.3 Å². The Morgan fingerprint density at radius 3 is 2.41 bits per heavy atom. The number of carbonyl (C=O) groups is 2. The van der Waals surface area contributed by atoms with Crippen LogP contribution in [-0.4, -0.2) is 34.6 Å². The number of unbranched alkanes of at least 4 members (excludes halogenated alkanes) is 1. The molecule has 0 aliphatic carbocycles. The highest BCUT2D eigenvalue weighted by molar-refractivity contribution is 5.98. The number of carbonyl (C=O) groups excluding carboxylic acids is 2. The average Bonchev–Trinajstić information content (AvgIpc) is 2.69. The molecule has 9 heteroatoms. The Morgan fingerprint density at radius 1 is 1.17 bits per heavy atom. The van der Waals surface area contributed by atoms with Crippen LogP contribution in [0.5, 0.6) is 0 Å². The van der Waals surface area contributed by atoms with Crippen molar-refractivity contribution in [3.8, 4) is 0 Å². The van der Waals surface area contributed by atoms with E-state index in [9.17, 15) is 19.2 Å². The summed E-state index contributed by atoms with van der Waals surface area (Å²) in [4.78, 5) is 52.4. The van der Waals surface area contributed by atoms with Crippen molar-refractivity contribution in [2.45, 2.75) is 40.2 Å². The number of aromatic amines is 1. The molecule has 0 spiro atoms. The molecule has 0 saturated carbocycles. The third-order valence-corrected chi connectivity index (χ3v) is 4.45. The summed E-state index contributed by atoms with van der Waals surface area (Å²) in [6.07, 6.45) is 1.51. The summed E-state index contributed by atoms with van der Waals surface area (Å²) in [6, 6.07) is 6.73. The summed E-state index contributed by atoms with van der Waals surface area (Å²) in [6.45, 7) is 5.37. The minimum Gasteiger partial charge on any atom is -0.452 e. The molecule has 3 N–H and O–H groups in total. The molecule has 0 radical (unpaired) electrons. The predicted molar refractivity (Wildman–Crippen MR) is 110 cm³/mol. The molecular weight excluding hydrogens is 376 g/mol. The Morgan fingerprint density at radius 2 is 1.83 bits per heavy atom. The molecule has 29 heavy (non-hydrogen) atoms. The fourth-order valence-electron chi connectivity index (χ4n) is 2.81. The summed E-state index contributed by atoms with van der Waals surface area (Å²) < 4.78 is 6.31. The molecule has 0 unspecified atom stereocenters. The third-order valence-electron chi connectivity index (χ3n) is 4.45. The van der Waals surface area contributed by atoms with Gasteiger partial charge in [0.1, 0.15) is 5.82 Å². The van der Waals surface area contributed by atoms with Crippen molar-refractivity contribution in [1.82, 2.24) is 9.55 Å². The minimum absolute atomic E-state index is 0.0905. The summed E-state index contributed by atoms with van der Waals surface area (Å²) in [5, 5.41) is 0. The Hall–Kier alpha value is -3.36. The van der Waals surface area contributed by atoms with Crippen molar-refractivity contribution in [3.05, 3.63) is 56.2 Å². The number of esters is 1. The number of H-pyrrole nitrogens is 1. The first kappa shape index (κ1) is 21.9. The highest BCUT2D eigenvalue weighted by Gasteiger charge is 2.24. The van der Waals surface area contributed by atoms with E-state index in [1.165, 1.54) is 4.57 Å². The SMILES string of the molecule is CCCCn1c(N)c(N(CC)C(=O)COC(=O)c2ccc(C)cc2)c(=O)[nH]c1=O. The Labute approximate surface area is 168 Å². The van der Waals surface area contributed by atoms with Gasteiger partial charge in [-0.2, -0.15) is 0 Å². The minimum atomic E-state index is -0.764. The maximum atomic E-state index is 12.6. The van der Waals surface area contributed by atoms with E-state index in [4.69, 9.17) is 10.5 Å². The van der Waals surface area contributed by atoms with Gasteiger partial charge in [0.2, 0.25) is 0 Å². The number of nitrogens with zero attached hydrogens (tertiary/aromatic N) is 2. The zero-order valence-electron chi connectivity index (χ0n) is 16.9. The molecule has 2 rings (SSSR count). The second kappa shape index (κ2) is 9.72. The fraction of sp³-hybridized carbons (Fsp3) is 0.400. The molecule has 0 aliphatic rings. The molecule has 2 aromatic rings. The number of likely N-dealkylation sites (N-methyl/N-ethyl adjacent to an activating group) is 1. The number of nitrogens with two attached hydrogens (primary N) is 1. The lowest BCUT2D eigenvalue weighted by Gasteiger charge is -2.23. The van der Waals surface area contributed by atoms with E-state index >= 15 is 0 Å². The quantitative estimate of drug-likeness (QED) is 0.643. The molecule has 0 bridgehead atoms. The zero-order chi connectivity index (χ0) is 21.6. The lowest BCUT2D eigenvalue weighted by atomic mass is 10.1. The summed E-state index contributed by atoms with van der Waals surface area (Å²) in [7, 11) is 0. The zero-order valence-corrected chi connectivity index (χ0v) is 16.9. The molecule has 0 fully saturated rings. The Bertz CT molecular complexity index is 991. The number of benzene rings is 1. The van der Waals surface area contributed by atoms with Gasteiger partial charge in [0, 0.05) is 13.1 Å². The number of ether oxygens (including phenoxy) is 1. The van der Waals surface area contributed by atoms with Crippen LogP contribution < -0.4 is 21.9 Å². The highest BCUT2D eigenvalue weighted by Crippen LogP contribution is 2.17. The van der Waals surface area contributed by atoms with E-state index in [0.29, 0.717) is 18.5 Å². The molecule has 9 nitrogen and oxygen atoms in total. The molecule has 1 aromatic heterocycles. The number of nitrogens with one attached hydrogen (secondary N) is 1. The van der Waals surface area contributed by atoms with E-state index in [-0.39, 0.29) is 18.1 Å². The first-order valence-electron chi connectivity index (χ1n) is 9.46. The molecule has 156 valence electrons. The summed E-state index contributed by atoms with van der Waals surface area (Å²) in [5.41, 5.74) is 5.83. The van der Waals surface area contributed by atoms with Gasteiger partial charge in [-0.05, 0) is 32.4 Å². The fourth-order valence-corrected chi connectivity index (χ4v) is 2.81. The lowest BCUT2D eigenvalue weighted by molar-refractivity contribution is -0.121. The van der Waals surface area contributed by atoms with E-state index < -0.39 is 29.7 Å². The van der Waals surface area contributed by atoms with Crippen LogP contribution in [0.25, 0.3) is 0 Å². The van der Waals surface area contributed by atoms with Gasteiger partial charge in [0.05, 0.1) is 5.56 Å². The van der Waals surface area contributed by atoms with Crippen molar-refractivity contribution < 1.29 is 14.3 Å². The van der Waals surface area contributed by atoms with Crippen LogP contribution in [0.4, 0.5) is 11.5 Å². The number of nitrogen functional groups attached to an aromatic ring is 1. The highest BCUT2D eigenvalue weighted by atomic mass is 16.5. The van der Waals surface area contributed by atoms with Crippen LogP contribution >= 0.6 is 0 Å². The number of rotatable bonds is 8. The summed E-state index contributed by atoms with van der Waals surface area (Å²) in [5.74, 6) is -1.36. The normalized spacial score (nSPS) is 10.6. The topological polar surface area (TPSA) is 127 Å². The van der Waals surface area contributed by atoms with E-state index in [0.717, 1.165) is 16.9 Å². The number of anilines is 2. The van der Waals surface area contributed by atoms with Gasteiger partial charge in [-0.1, -0.05) is 31.0 Å². The molecule has 0 aliphatic heterocycles. The molecular formula is C20H26N4O5. The first-order chi connectivity index (χ1) is 13.8. The van der Waals surface area contributed by atoms with Gasteiger partial charge in [-0.3, -0.25) is 19.1 Å². The molecule has 1 heterocycles. The van der Waals surface area contributed by atoms with E-state index in [2.05, 4.69) is 4.98 Å². The van der Waals surface area contributed by atoms with Crippen LogP contribution in [0.15, 0.2) is 33.9 Å². The maximum absolute atomic E-state index is 12.6. The monoisotopic (exact) mass is 402 g/mol. The third kappa shape index (κ3) is 5.13. The average molecular weight is 402 g/mol. The largest absolute Gasteiger partial charge is 0.452 e. The van der Waals surface area contributed by atoms with Gasteiger partial charge in [0.25, 0.3) is 11.5 Å². The number of aryl methyl sites for hydroxylation is 1. The second-order valence-electron chi connectivity index (χ2n) is 6.58. The Balaban J connectivity index is 2.23. The van der Waals surface area contributed by atoms with Crippen molar-refractivity contribution in [2.24, 2.45) is 0 Å². The van der Waals surface area contributed by atoms with Gasteiger partial charge in [-0.25, -0.2) is 9.59 Å². The maximum Gasteiger partial charge on any atom is 0.338 e. The number of hydrogen-bond donors (Lipinski definition) is 2. The molecule has 0 saturated heterocycles. The predicted octanol–water partition coefficient (Wildman–Crippen LogP) is 1.44. The lowest BCUT2D eigenvalue weighted by Crippen LogP contribution is -2.42. The van der Waals surface area contributed by atoms with Crippen LogP contribution in [0.1, 0.15) is 42.6 Å². The summed E-state index contributed by atoms with van der Waals surface area (Å²) >= 11 is 0. The van der Waals surface area contributed by atoms with Gasteiger partial charge in [-0.15, -0.1) is 0 Å². The van der Waals surface area contributed by atoms with Crippen molar-refractivity contribution in [3.63, 3.8) is 0 Å². The number of amides is 1. The molecule has 0 atom stereocenters. The van der Waals surface area contributed by atoms with Crippen LogP contribution in [-0.2, 0) is 16.1 Å². The van der Waals surface area contributed by atoms with Crippen LogP contribution in [0, 0.1) is 6.92 Å². The van der Waals surface area contributed by atoms with Crippen LogP contribution in [0.3, 0.4) is 0 Å².